The van der Waals surface area contributed by atoms with E-state index in [-0.39, 0.29) is 5.92 Å². The number of rotatable bonds is 7. The van der Waals surface area contributed by atoms with E-state index in [2.05, 4.69) is 44.9 Å². The summed E-state index contributed by atoms with van der Waals surface area (Å²) in [5, 5.41) is 3.43. The molecule has 1 heterocycles. The van der Waals surface area contributed by atoms with E-state index < -0.39 is 0 Å². The molecule has 0 fully saturated rings. The predicted octanol–water partition coefficient (Wildman–Crippen LogP) is 3.48. The molecule has 1 atom stereocenters. The highest BCUT2D eigenvalue weighted by Crippen LogP contribution is 2.27. The molecule has 0 saturated carbocycles. The first-order valence-electron chi connectivity index (χ1n) is 7.12. The van der Waals surface area contributed by atoms with Crippen molar-refractivity contribution in [2.75, 3.05) is 25.6 Å². The molecule has 1 unspecified atom stereocenters. The van der Waals surface area contributed by atoms with E-state index in [0.29, 0.717) is 12.5 Å². The van der Waals surface area contributed by atoms with Gasteiger partial charge in [0.1, 0.15) is 11.6 Å². The maximum absolute atomic E-state index is 5.20. The van der Waals surface area contributed by atoms with E-state index in [4.69, 9.17) is 9.72 Å². The third kappa shape index (κ3) is 4.16. The molecule has 108 valence electrons. The second kappa shape index (κ2) is 7.43. The van der Waals surface area contributed by atoms with Crippen LogP contribution in [0.4, 0.5) is 5.82 Å². The van der Waals surface area contributed by atoms with Crippen LogP contribution < -0.4 is 5.32 Å². The number of hydrogen-bond donors (Lipinski definition) is 1. The maximum Gasteiger partial charge on any atom is 0.136 e. The molecule has 4 heteroatoms. The summed E-state index contributed by atoms with van der Waals surface area (Å²) in [7, 11) is 1.71. The van der Waals surface area contributed by atoms with Crippen LogP contribution in [0.15, 0.2) is 0 Å². The third-order valence-electron chi connectivity index (χ3n) is 3.13. The molecule has 0 spiro atoms. The molecule has 0 aliphatic rings. The molecular weight excluding hydrogens is 238 g/mol. The van der Waals surface area contributed by atoms with E-state index in [1.165, 1.54) is 5.56 Å². The lowest BCUT2D eigenvalue weighted by Gasteiger charge is -2.19. The van der Waals surface area contributed by atoms with Gasteiger partial charge in [0, 0.05) is 30.8 Å². The highest BCUT2D eigenvalue weighted by molar-refractivity contribution is 5.48. The molecule has 0 bridgehead atoms. The van der Waals surface area contributed by atoms with Crippen LogP contribution in [0.1, 0.15) is 63.0 Å². The van der Waals surface area contributed by atoms with Crippen LogP contribution in [0.3, 0.4) is 0 Å². The van der Waals surface area contributed by atoms with Crippen molar-refractivity contribution >= 4 is 5.82 Å². The number of nitrogens with zero attached hydrogens (tertiary/aromatic N) is 2. The monoisotopic (exact) mass is 265 g/mol. The van der Waals surface area contributed by atoms with Crippen molar-refractivity contribution in [3.63, 3.8) is 0 Å². The molecule has 0 aliphatic carbocycles. The zero-order chi connectivity index (χ0) is 14.4. The molecule has 0 aromatic carbocycles. The largest absolute Gasteiger partial charge is 0.384 e. The van der Waals surface area contributed by atoms with Gasteiger partial charge in [-0.05, 0) is 19.3 Å². The summed E-state index contributed by atoms with van der Waals surface area (Å²) >= 11 is 0. The molecule has 4 nitrogen and oxygen atoms in total. The third-order valence-corrected chi connectivity index (χ3v) is 3.13. The highest BCUT2D eigenvalue weighted by Gasteiger charge is 2.17. The number of ether oxygens (including phenoxy) is 1. The summed E-state index contributed by atoms with van der Waals surface area (Å²) in [5.41, 5.74) is 2.29. The Morgan fingerprint density at radius 2 is 1.89 bits per heavy atom. The lowest BCUT2D eigenvalue weighted by Crippen LogP contribution is -2.15. The SMILES string of the molecule is CCCNc1nc(C(C)COC)nc(C)c1C(C)C. The number of anilines is 1. The minimum absolute atomic E-state index is 0.215. The molecule has 0 aliphatic heterocycles. The van der Waals surface area contributed by atoms with Gasteiger partial charge in [0.25, 0.3) is 0 Å². The predicted molar refractivity (Wildman–Crippen MR) is 79.9 cm³/mol. The minimum Gasteiger partial charge on any atom is -0.384 e. The molecule has 0 saturated heterocycles. The molecule has 1 rings (SSSR count). The van der Waals surface area contributed by atoms with Gasteiger partial charge >= 0.3 is 0 Å². The molecule has 19 heavy (non-hydrogen) atoms. The Labute approximate surface area is 117 Å². The van der Waals surface area contributed by atoms with E-state index in [0.717, 1.165) is 30.3 Å². The quantitative estimate of drug-likeness (QED) is 0.820. The number of methoxy groups -OCH3 is 1. The summed E-state index contributed by atoms with van der Waals surface area (Å²) in [4.78, 5) is 9.36. The first kappa shape index (κ1) is 15.9. The highest BCUT2D eigenvalue weighted by atomic mass is 16.5. The van der Waals surface area contributed by atoms with Gasteiger partial charge in [0.15, 0.2) is 0 Å². The van der Waals surface area contributed by atoms with Crippen LogP contribution in [0.5, 0.6) is 0 Å². The fraction of sp³-hybridized carbons (Fsp3) is 0.733. The van der Waals surface area contributed by atoms with Crippen LogP contribution in [0, 0.1) is 6.92 Å². The summed E-state index contributed by atoms with van der Waals surface area (Å²) < 4.78 is 5.20. The molecule has 0 radical (unpaired) electrons. The normalized spacial score (nSPS) is 12.8. The van der Waals surface area contributed by atoms with Crippen molar-refractivity contribution in [3.05, 3.63) is 17.1 Å². The van der Waals surface area contributed by atoms with E-state index >= 15 is 0 Å². The molecular formula is C15H27N3O. The first-order chi connectivity index (χ1) is 9.01. The minimum atomic E-state index is 0.215. The van der Waals surface area contributed by atoms with Gasteiger partial charge in [-0.3, -0.25) is 0 Å². The Hall–Kier alpha value is -1.16. The number of aromatic nitrogens is 2. The standard InChI is InChI=1S/C15H27N3O/c1-7-8-16-15-13(10(2)3)12(5)17-14(18-15)11(4)9-19-6/h10-11H,7-9H2,1-6H3,(H,16,17,18). The summed E-state index contributed by atoms with van der Waals surface area (Å²) in [5.74, 6) is 2.49. The summed E-state index contributed by atoms with van der Waals surface area (Å²) in [6.45, 7) is 12.3. The number of aryl methyl sites for hydroxylation is 1. The van der Waals surface area contributed by atoms with Crippen molar-refractivity contribution in [1.29, 1.82) is 0 Å². The lowest BCUT2D eigenvalue weighted by atomic mass is 10.0. The Balaban J connectivity index is 3.14. The van der Waals surface area contributed by atoms with Crippen molar-refractivity contribution in [1.82, 2.24) is 9.97 Å². The number of hydrogen-bond acceptors (Lipinski definition) is 4. The summed E-state index contributed by atoms with van der Waals surface area (Å²) in [6.07, 6.45) is 1.09. The van der Waals surface area contributed by atoms with Gasteiger partial charge in [-0.25, -0.2) is 9.97 Å². The van der Waals surface area contributed by atoms with Crippen LogP contribution >= 0.6 is 0 Å². The van der Waals surface area contributed by atoms with Crippen LogP contribution in [-0.4, -0.2) is 30.2 Å². The van der Waals surface area contributed by atoms with E-state index in [9.17, 15) is 0 Å². The van der Waals surface area contributed by atoms with Crippen LogP contribution in [0.2, 0.25) is 0 Å². The topological polar surface area (TPSA) is 47.0 Å². The fourth-order valence-corrected chi connectivity index (χ4v) is 2.22. The van der Waals surface area contributed by atoms with Gasteiger partial charge in [0.2, 0.25) is 0 Å². The zero-order valence-corrected chi connectivity index (χ0v) is 13.1. The maximum atomic E-state index is 5.20. The average molecular weight is 265 g/mol. The molecule has 1 aromatic heterocycles. The average Bonchev–Trinajstić information content (AvgIpc) is 2.35. The van der Waals surface area contributed by atoms with Crippen LogP contribution in [0.25, 0.3) is 0 Å². The van der Waals surface area contributed by atoms with Gasteiger partial charge in [-0.1, -0.05) is 27.7 Å². The van der Waals surface area contributed by atoms with Gasteiger partial charge in [0.05, 0.1) is 6.61 Å². The van der Waals surface area contributed by atoms with Gasteiger partial charge in [-0.2, -0.15) is 0 Å². The van der Waals surface area contributed by atoms with Crippen molar-refractivity contribution in [2.24, 2.45) is 0 Å². The van der Waals surface area contributed by atoms with Crippen molar-refractivity contribution < 1.29 is 4.74 Å². The molecule has 1 N–H and O–H groups in total. The number of nitrogens with one attached hydrogen (secondary N) is 1. The second-order valence-electron chi connectivity index (χ2n) is 5.37. The zero-order valence-electron chi connectivity index (χ0n) is 13.1. The Kier molecular flexibility index (Phi) is 6.22. The first-order valence-corrected chi connectivity index (χ1v) is 7.12. The lowest BCUT2D eigenvalue weighted by molar-refractivity contribution is 0.181. The Morgan fingerprint density at radius 1 is 1.21 bits per heavy atom. The van der Waals surface area contributed by atoms with E-state index in [1.54, 1.807) is 7.11 Å². The van der Waals surface area contributed by atoms with E-state index in [1.807, 2.05) is 0 Å². The van der Waals surface area contributed by atoms with Crippen LogP contribution in [-0.2, 0) is 4.74 Å². The van der Waals surface area contributed by atoms with Crippen molar-refractivity contribution in [2.45, 2.75) is 52.9 Å². The Bertz CT molecular complexity index is 405. The second-order valence-corrected chi connectivity index (χ2v) is 5.37. The smallest absolute Gasteiger partial charge is 0.136 e. The van der Waals surface area contributed by atoms with Gasteiger partial charge in [-0.15, -0.1) is 0 Å². The molecule has 1 aromatic rings. The summed E-state index contributed by atoms with van der Waals surface area (Å²) in [6, 6.07) is 0. The van der Waals surface area contributed by atoms with Crippen molar-refractivity contribution in [3.8, 4) is 0 Å². The molecule has 0 amide bonds. The fourth-order valence-electron chi connectivity index (χ4n) is 2.22. The Morgan fingerprint density at radius 3 is 2.42 bits per heavy atom. The van der Waals surface area contributed by atoms with Gasteiger partial charge < -0.3 is 10.1 Å².